The minimum Gasteiger partial charge on any atom is -0.311 e. The first-order chi connectivity index (χ1) is 47.7. The van der Waals surface area contributed by atoms with Crippen molar-refractivity contribution in [3.05, 3.63) is 352 Å². The molecule has 20 rings (SSSR count). The highest BCUT2D eigenvalue weighted by Gasteiger charge is 2.46. The van der Waals surface area contributed by atoms with Gasteiger partial charge >= 0.3 is 0 Å². The number of hydrogen-bond donors (Lipinski definition) is 0. The van der Waals surface area contributed by atoms with Crippen LogP contribution in [0, 0.1) is 0 Å². The van der Waals surface area contributed by atoms with Crippen molar-refractivity contribution in [3.8, 4) is 61.6 Å². The summed E-state index contributed by atoms with van der Waals surface area (Å²) >= 11 is 0. The molecule has 2 aliphatic heterocycles. The van der Waals surface area contributed by atoms with E-state index in [1.54, 1.807) is 0 Å². The van der Waals surface area contributed by atoms with E-state index >= 15 is 0 Å². The Bertz CT molecular complexity index is 5690. The van der Waals surface area contributed by atoms with E-state index < -0.39 is 0 Å². The van der Waals surface area contributed by atoms with Gasteiger partial charge in [0.15, 0.2) is 0 Å². The predicted octanol–water partition coefficient (Wildman–Crippen LogP) is 21.7. The molecule has 2 aliphatic rings. The SMILES string of the molecule is c1ccc(-c2ccccc2N2c3cc(-n4c5ccccc5c5ccccc54)c(-c4ccccc4)cc3B3c4cc(-c5ccccc5)c(-n5c6ccccc6c6ccccc65)cc4N(c4ccccc4-c4ccccc4)c4cc(-n5c6ccccc6c6ccccc65)cc2c43)cc1. The molecule has 0 amide bonds. The Labute approximate surface area is 556 Å². The largest absolute Gasteiger partial charge is 0.311 e. The number of aromatic nitrogens is 3. The van der Waals surface area contributed by atoms with Crippen LogP contribution in [-0.2, 0) is 0 Å². The van der Waals surface area contributed by atoms with Crippen LogP contribution in [0.2, 0.25) is 0 Å². The maximum atomic E-state index is 2.65. The number of rotatable bonds is 9. The smallest absolute Gasteiger partial charge is 0.252 e. The van der Waals surface area contributed by atoms with Gasteiger partial charge in [0.05, 0.1) is 61.5 Å². The van der Waals surface area contributed by atoms with Crippen molar-refractivity contribution in [1.29, 1.82) is 0 Å². The monoisotopic (exact) mass is 1220 g/mol. The van der Waals surface area contributed by atoms with E-state index in [2.05, 4.69) is 375 Å². The summed E-state index contributed by atoms with van der Waals surface area (Å²) in [4.78, 5) is 5.29. The Morgan fingerprint density at radius 1 is 0.188 bits per heavy atom. The number of para-hydroxylation sites is 8. The molecule has 96 heavy (non-hydrogen) atoms. The highest BCUT2D eigenvalue weighted by atomic mass is 15.2. The topological polar surface area (TPSA) is 21.3 Å². The van der Waals surface area contributed by atoms with Gasteiger partial charge in [0.1, 0.15) is 0 Å². The van der Waals surface area contributed by atoms with E-state index in [0.29, 0.717) is 0 Å². The third-order valence-electron chi connectivity index (χ3n) is 20.4. The summed E-state index contributed by atoms with van der Waals surface area (Å²) in [6.45, 7) is -0.309. The first-order valence-corrected chi connectivity index (χ1v) is 33.2. The fourth-order valence-electron chi connectivity index (χ4n) is 16.4. The van der Waals surface area contributed by atoms with Crippen molar-refractivity contribution in [1.82, 2.24) is 13.7 Å². The lowest BCUT2D eigenvalue weighted by molar-refractivity contribution is 1.15. The van der Waals surface area contributed by atoms with Crippen LogP contribution >= 0.6 is 0 Å². The molecule has 15 aromatic carbocycles. The molecule has 5 heterocycles. The predicted molar refractivity (Wildman–Crippen MR) is 405 cm³/mol. The van der Waals surface area contributed by atoms with Crippen LogP contribution in [-0.4, -0.2) is 20.4 Å². The molecule has 0 bridgehead atoms. The second kappa shape index (κ2) is 21.5. The van der Waals surface area contributed by atoms with E-state index in [1.807, 2.05) is 0 Å². The molecule has 0 spiro atoms. The Morgan fingerprint density at radius 3 is 0.792 bits per heavy atom. The fraction of sp³-hybridized carbons (Fsp3) is 0. The number of hydrogen-bond acceptors (Lipinski definition) is 2. The normalized spacial score (nSPS) is 12.5. The summed E-state index contributed by atoms with van der Waals surface area (Å²) < 4.78 is 7.59. The number of fused-ring (bicyclic) bond motifs is 13. The molecule has 18 aromatic rings. The molecule has 0 saturated heterocycles. The average Bonchev–Trinajstić information content (AvgIpc) is 0.690. The molecule has 5 nitrogen and oxygen atoms in total. The maximum Gasteiger partial charge on any atom is 0.252 e. The van der Waals surface area contributed by atoms with Crippen LogP contribution in [0.3, 0.4) is 0 Å². The van der Waals surface area contributed by atoms with Gasteiger partial charge in [-0.25, -0.2) is 0 Å². The second-order valence-corrected chi connectivity index (χ2v) is 25.5. The van der Waals surface area contributed by atoms with E-state index in [0.717, 1.165) is 129 Å². The van der Waals surface area contributed by atoms with E-state index in [4.69, 9.17) is 0 Å². The molecule has 0 atom stereocenters. The van der Waals surface area contributed by atoms with Crippen LogP contribution in [0.15, 0.2) is 352 Å². The van der Waals surface area contributed by atoms with Gasteiger partial charge in [0.25, 0.3) is 6.71 Å². The molecular weight excluding hydrogens is 1160 g/mol. The van der Waals surface area contributed by atoms with Crippen LogP contribution in [0.1, 0.15) is 0 Å². The molecule has 0 radical (unpaired) electrons. The lowest BCUT2D eigenvalue weighted by Crippen LogP contribution is -2.61. The van der Waals surface area contributed by atoms with E-state index in [-0.39, 0.29) is 6.71 Å². The molecule has 3 aromatic heterocycles. The van der Waals surface area contributed by atoms with Gasteiger partial charge in [-0.2, -0.15) is 0 Å². The number of anilines is 6. The zero-order chi connectivity index (χ0) is 63.0. The lowest BCUT2D eigenvalue weighted by Gasteiger charge is -2.46. The number of nitrogens with zero attached hydrogens (tertiary/aromatic N) is 5. The Kier molecular flexibility index (Phi) is 12.1. The van der Waals surface area contributed by atoms with Crippen LogP contribution < -0.4 is 26.2 Å². The minimum atomic E-state index is -0.309. The quantitative estimate of drug-likeness (QED) is 0.134. The van der Waals surface area contributed by atoms with Crippen molar-refractivity contribution in [2.75, 3.05) is 9.80 Å². The standard InChI is InChI=1S/C90H58BN5/c1-5-29-59(30-6-1)64-37-13-21-45-76(64)95-86-57-84(93-80-49-25-17-41-68(80)69-42-18-26-50-81(69)93)72(61-33-9-3-10-34-61)55-74(86)91-75-56-73(62-35-11-4-12-36-62)85(94-82-51-27-19-43-70(82)71-44-20-28-52-83(71)94)58-87(75)96(77-46-22-14-38-65(77)60-31-7-2-8-32-60)89-54-63(53-88(95)90(89)91)92-78-47-23-15-39-66(78)67-40-16-24-48-79(67)92/h1-58H. The van der Waals surface area contributed by atoms with Crippen LogP contribution in [0.5, 0.6) is 0 Å². The summed E-state index contributed by atoms with van der Waals surface area (Å²) in [5, 5.41) is 7.27. The van der Waals surface area contributed by atoms with Gasteiger partial charge in [0.2, 0.25) is 0 Å². The van der Waals surface area contributed by atoms with Crippen molar-refractivity contribution in [2.45, 2.75) is 0 Å². The highest BCUT2D eigenvalue weighted by molar-refractivity contribution is 7.00. The summed E-state index contributed by atoms with van der Waals surface area (Å²) in [5.41, 5.74) is 29.5. The van der Waals surface area contributed by atoms with Crippen LogP contribution in [0.4, 0.5) is 34.1 Å². The van der Waals surface area contributed by atoms with Gasteiger partial charge in [0, 0.05) is 77.3 Å². The Hall–Kier alpha value is -12.6. The van der Waals surface area contributed by atoms with E-state index in [9.17, 15) is 0 Å². The summed E-state index contributed by atoms with van der Waals surface area (Å²) in [6.07, 6.45) is 0. The average molecular weight is 1220 g/mol. The van der Waals surface area contributed by atoms with Gasteiger partial charge in [-0.05, 0) is 111 Å². The van der Waals surface area contributed by atoms with E-state index in [1.165, 1.54) is 48.7 Å². The summed E-state index contributed by atoms with van der Waals surface area (Å²) in [7, 11) is 0. The van der Waals surface area contributed by atoms with Gasteiger partial charge < -0.3 is 23.5 Å². The zero-order valence-electron chi connectivity index (χ0n) is 52.3. The van der Waals surface area contributed by atoms with Crippen molar-refractivity contribution < 1.29 is 0 Å². The maximum absolute atomic E-state index is 2.65. The molecule has 0 aliphatic carbocycles. The van der Waals surface area contributed by atoms with Crippen molar-refractivity contribution >= 4 is 123 Å². The minimum absolute atomic E-state index is 0.309. The molecule has 0 unspecified atom stereocenters. The Morgan fingerprint density at radius 2 is 0.458 bits per heavy atom. The summed E-state index contributed by atoms with van der Waals surface area (Å²) in [6, 6.07) is 131. The van der Waals surface area contributed by atoms with Crippen LogP contribution in [0.25, 0.3) is 127 Å². The molecule has 446 valence electrons. The number of benzene rings is 15. The van der Waals surface area contributed by atoms with Gasteiger partial charge in [-0.15, -0.1) is 0 Å². The molecule has 0 fully saturated rings. The molecule has 0 saturated carbocycles. The van der Waals surface area contributed by atoms with Crippen molar-refractivity contribution in [2.24, 2.45) is 0 Å². The molecular formula is C90H58BN5. The Balaban J connectivity index is 1.00. The second-order valence-electron chi connectivity index (χ2n) is 25.5. The lowest BCUT2D eigenvalue weighted by atomic mass is 9.33. The first-order valence-electron chi connectivity index (χ1n) is 33.2. The highest BCUT2D eigenvalue weighted by Crippen LogP contribution is 2.53. The third-order valence-corrected chi connectivity index (χ3v) is 20.4. The fourth-order valence-corrected chi connectivity index (χ4v) is 16.4. The third kappa shape index (κ3) is 8.06. The molecule has 0 N–H and O–H groups in total. The summed E-state index contributed by atoms with van der Waals surface area (Å²) in [5.74, 6) is 0. The van der Waals surface area contributed by atoms with Crippen molar-refractivity contribution in [3.63, 3.8) is 0 Å². The molecule has 6 heteroatoms. The van der Waals surface area contributed by atoms with Gasteiger partial charge in [-0.3, -0.25) is 0 Å². The zero-order valence-corrected chi connectivity index (χ0v) is 52.3. The first kappa shape index (κ1) is 54.0. The van der Waals surface area contributed by atoms with Gasteiger partial charge in [-0.1, -0.05) is 279 Å².